The lowest BCUT2D eigenvalue weighted by Gasteiger charge is -2.26. The Hall–Kier alpha value is -2.10. The van der Waals surface area contributed by atoms with E-state index in [1.54, 1.807) is 4.90 Å². The van der Waals surface area contributed by atoms with E-state index in [4.69, 9.17) is 0 Å². The molecule has 1 N–H and O–H groups in total. The lowest BCUT2D eigenvalue weighted by molar-refractivity contribution is 0.0742. The number of benzene rings is 1. The van der Waals surface area contributed by atoms with Gasteiger partial charge in [-0.15, -0.1) is 0 Å². The number of carbonyl (C=O) groups excluding carboxylic acids is 1. The number of hydrogen-bond acceptors (Lipinski definition) is 2. The molecule has 1 atom stereocenters. The highest BCUT2D eigenvalue weighted by molar-refractivity contribution is 5.94. The molecule has 1 aromatic carbocycles. The molecule has 0 aliphatic heterocycles. The summed E-state index contributed by atoms with van der Waals surface area (Å²) in [6.07, 6.45) is 0. The maximum Gasteiger partial charge on any atom is 0.254 e. The van der Waals surface area contributed by atoms with Crippen LogP contribution in [0.25, 0.3) is 0 Å². The average molecular weight is 285 g/mol. The normalized spacial score (nSPS) is 12.3. The predicted molar refractivity (Wildman–Crippen MR) is 84.5 cm³/mol. The molecule has 4 heteroatoms. The number of aromatic amines is 1. The number of carbonyl (C=O) groups is 1. The Morgan fingerprint density at radius 1 is 1.19 bits per heavy atom. The maximum absolute atomic E-state index is 12.7. The Labute approximate surface area is 126 Å². The number of H-pyrrole nitrogens is 1. The van der Waals surface area contributed by atoms with Gasteiger partial charge in [0.15, 0.2) is 0 Å². The fourth-order valence-corrected chi connectivity index (χ4v) is 2.62. The first-order chi connectivity index (χ1) is 9.82. The molecule has 0 saturated carbocycles. The van der Waals surface area contributed by atoms with Crippen LogP contribution in [0.1, 0.15) is 51.4 Å². The SMILES string of the molecule is Cc1ccc(C(=O)N(C)[C@H](C)c2c(C)n[nH]c2C)cc1C. The minimum Gasteiger partial charge on any atom is -0.335 e. The van der Waals surface area contributed by atoms with E-state index < -0.39 is 0 Å². The minimum absolute atomic E-state index is 0.0159. The highest BCUT2D eigenvalue weighted by Gasteiger charge is 2.23. The van der Waals surface area contributed by atoms with Gasteiger partial charge in [0.05, 0.1) is 11.7 Å². The van der Waals surface area contributed by atoms with Crippen LogP contribution in [0.15, 0.2) is 18.2 Å². The van der Waals surface area contributed by atoms with Crippen LogP contribution in [0.3, 0.4) is 0 Å². The maximum atomic E-state index is 12.7. The van der Waals surface area contributed by atoms with Gasteiger partial charge in [-0.1, -0.05) is 6.07 Å². The zero-order valence-corrected chi connectivity index (χ0v) is 13.6. The van der Waals surface area contributed by atoms with E-state index >= 15 is 0 Å². The van der Waals surface area contributed by atoms with Gasteiger partial charge < -0.3 is 4.90 Å². The Kier molecular flexibility index (Phi) is 4.16. The first-order valence-electron chi connectivity index (χ1n) is 7.18. The molecule has 0 saturated heterocycles. The highest BCUT2D eigenvalue weighted by atomic mass is 16.2. The second-order valence-electron chi connectivity index (χ2n) is 5.74. The van der Waals surface area contributed by atoms with Crippen molar-refractivity contribution in [1.29, 1.82) is 0 Å². The van der Waals surface area contributed by atoms with Crippen LogP contribution in [0.2, 0.25) is 0 Å². The molecule has 0 aliphatic rings. The van der Waals surface area contributed by atoms with Gasteiger partial charge in [0, 0.05) is 23.9 Å². The van der Waals surface area contributed by atoms with Gasteiger partial charge in [-0.25, -0.2) is 0 Å². The van der Waals surface area contributed by atoms with Crippen LogP contribution in [0.4, 0.5) is 0 Å². The fourth-order valence-electron chi connectivity index (χ4n) is 2.62. The molecule has 2 aromatic rings. The third kappa shape index (κ3) is 2.84. The van der Waals surface area contributed by atoms with Gasteiger partial charge in [0.1, 0.15) is 0 Å². The monoisotopic (exact) mass is 285 g/mol. The second kappa shape index (κ2) is 5.72. The van der Waals surface area contributed by atoms with Crippen molar-refractivity contribution in [2.45, 2.75) is 40.7 Å². The van der Waals surface area contributed by atoms with Gasteiger partial charge in [-0.2, -0.15) is 5.10 Å². The molecule has 0 radical (unpaired) electrons. The molecule has 4 nitrogen and oxygen atoms in total. The van der Waals surface area contributed by atoms with Crippen LogP contribution in [0.5, 0.6) is 0 Å². The number of nitrogens with one attached hydrogen (secondary N) is 1. The first kappa shape index (κ1) is 15.3. The number of hydrogen-bond donors (Lipinski definition) is 1. The number of nitrogens with zero attached hydrogens (tertiary/aromatic N) is 2. The molecule has 0 spiro atoms. The summed E-state index contributed by atoms with van der Waals surface area (Å²) < 4.78 is 0. The third-order valence-electron chi connectivity index (χ3n) is 4.26. The van der Waals surface area contributed by atoms with Crippen molar-refractivity contribution in [1.82, 2.24) is 15.1 Å². The van der Waals surface area contributed by atoms with Crippen molar-refractivity contribution in [3.8, 4) is 0 Å². The molecular formula is C17H23N3O. The molecule has 1 aromatic heterocycles. The van der Waals surface area contributed by atoms with Crippen molar-refractivity contribution in [2.24, 2.45) is 0 Å². The standard InChI is InChI=1S/C17H23N3O/c1-10-7-8-15(9-11(10)2)17(21)20(6)14(5)16-12(3)18-19-13(16)4/h7-9,14H,1-6H3,(H,18,19)/t14-/m1/s1. The second-order valence-corrected chi connectivity index (χ2v) is 5.74. The molecule has 0 aliphatic carbocycles. The van der Waals surface area contributed by atoms with Crippen molar-refractivity contribution >= 4 is 5.91 Å². The van der Waals surface area contributed by atoms with Gasteiger partial charge in [-0.05, 0) is 57.9 Å². The summed E-state index contributed by atoms with van der Waals surface area (Å²) in [5.41, 5.74) is 6.11. The Morgan fingerprint density at radius 2 is 1.86 bits per heavy atom. The molecule has 21 heavy (non-hydrogen) atoms. The molecular weight excluding hydrogens is 262 g/mol. The lowest BCUT2D eigenvalue weighted by atomic mass is 10.0. The van der Waals surface area contributed by atoms with E-state index in [1.807, 2.05) is 59.9 Å². The van der Waals surface area contributed by atoms with Crippen LogP contribution in [-0.4, -0.2) is 28.1 Å². The van der Waals surface area contributed by atoms with E-state index in [0.29, 0.717) is 0 Å². The first-order valence-corrected chi connectivity index (χ1v) is 7.18. The van der Waals surface area contributed by atoms with Crippen LogP contribution >= 0.6 is 0 Å². The number of aromatic nitrogens is 2. The summed E-state index contributed by atoms with van der Waals surface area (Å²) >= 11 is 0. The number of rotatable bonds is 3. The summed E-state index contributed by atoms with van der Waals surface area (Å²) in [5.74, 6) is 0.0330. The van der Waals surface area contributed by atoms with Gasteiger partial charge >= 0.3 is 0 Å². The Bertz CT molecular complexity index is 653. The smallest absolute Gasteiger partial charge is 0.254 e. The molecule has 0 unspecified atom stereocenters. The van der Waals surface area contributed by atoms with Crippen molar-refractivity contribution < 1.29 is 4.79 Å². The number of amides is 1. The summed E-state index contributed by atoms with van der Waals surface area (Å²) in [6, 6.07) is 5.83. The fraction of sp³-hybridized carbons (Fsp3) is 0.412. The van der Waals surface area contributed by atoms with Crippen LogP contribution < -0.4 is 0 Å². The van der Waals surface area contributed by atoms with E-state index in [-0.39, 0.29) is 11.9 Å². The average Bonchev–Trinajstić information content (AvgIpc) is 2.79. The summed E-state index contributed by atoms with van der Waals surface area (Å²) in [6.45, 7) is 10.1. The van der Waals surface area contributed by atoms with Crippen molar-refractivity contribution in [2.75, 3.05) is 7.05 Å². The van der Waals surface area contributed by atoms with Gasteiger partial charge in [0.2, 0.25) is 0 Å². The predicted octanol–water partition coefficient (Wildman–Crippen LogP) is 3.48. The third-order valence-corrected chi connectivity index (χ3v) is 4.26. The molecule has 1 heterocycles. The van der Waals surface area contributed by atoms with E-state index in [1.165, 1.54) is 5.56 Å². The van der Waals surface area contributed by atoms with E-state index in [9.17, 15) is 4.79 Å². The van der Waals surface area contributed by atoms with Crippen molar-refractivity contribution in [3.63, 3.8) is 0 Å². The van der Waals surface area contributed by atoms with Gasteiger partial charge in [0.25, 0.3) is 5.91 Å². The van der Waals surface area contributed by atoms with E-state index in [0.717, 1.165) is 28.1 Å². The zero-order valence-electron chi connectivity index (χ0n) is 13.6. The summed E-state index contributed by atoms with van der Waals surface area (Å²) in [5, 5.41) is 7.19. The van der Waals surface area contributed by atoms with Crippen LogP contribution in [0, 0.1) is 27.7 Å². The molecule has 112 valence electrons. The Morgan fingerprint density at radius 3 is 2.38 bits per heavy atom. The van der Waals surface area contributed by atoms with Gasteiger partial charge in [-0.3, -0.25) is 9.89 Å². The minimum atomic E-state index is -0.0159. The summed E-state index contributed by atoms with van der Waals surface area (Å²) in [4.78, 5) is 14.4. The van der Waals surface area contributed by atoms with Crippen LogP contribution in [-0.2, 0) is 0 Å². The highest BCUT2D eigenvalue weighted by Crippen LogP contribution is 2.25. The molecule has 1 amide bonds. The molecule has 0 fully saturated rings. The van der Waals surface area contributed by atoms with Crippen molar-refractivity contribution in [3.05, 3.63) is 51.8 Å². The topological polar surface area (TPSA) is 49.0 Å². The Balaban J connectivity index is 2.28. The quantitative estimate of drug-likeness (QED) is 0.938. The van der Waals surface area contributed by atoms with E-state index in [2.05, 4.69) is 10.2 Å². The molecule has 0 bridgehead atoms. The summed E-state index contributed by atoms with van der Waals surface area (Å²) in [7, 11) is 1.84. The zero-order chi connectivity index (χ0) is 15.7. The lowest BCUT2D eigenvalue weighted by Crippen LogP contribution is -2.30. The largest absolute Gasteiger partial charge is 0.335 e. The number of aryl methyl sites for hydroxylation is 4. The molecule has 2 rings (SSSR count).